The number of para-hydroxylation sites is 1. The molecule has 0 aliphatic rings. The number of esters is 1. The molecule has 2 N–H and O–H groups in total. The van der Waals surface area contributed by atoms with Gasteiger partial charge in [0.1, 0.15) is 5.60 Å². The van der Waals surface area contributed by atoms with Crippen LogP contribution in [0.3, 0.4) is 0 Å². The molecule has 0 unspecified atom stereocenters. The van der Waals surface area contributed by atoms with E-state index < -0.39 is 11.6 Å². The van der Waals surface area contributed by atoms with E-state index in [0.717, 1.165) is 5.69 Å². The number of carbonyl (C=O) groups is 1. The standard InChI is InChI=1S/C13H16N4O2/c1-13(2,3)19-12(18)10-11(14)16-17(15-10)9-7-5-4-6-8-9/h4-8H,1-3H3,(H2,14,16). The molecule has 19 heavy (non-hydrogen) atoms. The molecule has 0 spiro atoms. The maximum Gasteiger partial charge on any atom is 0.363 e. The molecular weight excluding hydrogens is 244 g/mol. The second kappa shape index (κ2) is 4.72. The lowest BCUT2D eigenvalue weighted by molar-refractivity contribution is 0.00636. The highest BCUT2D eigenvalue weighted by Gasteiger charge is 2.23. The van der Waals surface area contributed by atoms with Crippen LogP contribution in [0, 0.1) is 0 Å². The van der Waals surface area contributed by atoms with E-state index in [1.165, 1.54) is 4.80 Å². The SMILES string of the molecule is CC(C)(C)OC(=O)c1nn(-c2ccccc2)nc1N. The Hall–Kier alpha value is -2.37. The van der Waals surface area contributed by atoms with Crippen molar-refractivity contribution >= 4 is 11.8 Å². The van der Waals surface area contributed by atoms with Gasteiger partial charge in [-0.25, -0.2) is 4.79 Å². The molecular formula is C13H16N4O2. The van der Waals surface area contributed by atoms with Gasteiger partial charge in [-0.3, -0.25) is 0 Å². The lowest BCUT2D eigenvalue weighted by atomic mass is 10.2. The van der Waals surface area contributed by atoms with Crippen molar-refractivity contribution in [3.63, 3.8) is 0 Å². The van der Waals surface area contributed by atoms with Gasteiger partial charge in [0, 0.05) is 0 Å². The fraction of sp³-hybridized carbons (Fsp3) is 0.308. The van der Waals surface area contributed by atoms with Crippen molar-refractivity contribution in [2.24, 2.45) is 0 Å². The molecule has 0 saturated carbocycles. The summed E-state index contributed by atoms with van der Waals surface area (Å²) in [6, 6.07) is 9.21. The Morgan fingerprint density at radius 2 is 1.84 bits per heavy atom. The van der Waals surface area contributed by atoms with Gasteiger partial charge in [0.05, 0.1) is 5.69 Å². The molecule has 0 atom stereocenters. The van der Waals surface area contributed by atoms with Crippen LogP contribution >= 0.6 is 0 Å². The Bertz CT molecular complexity index is 584. The van der Waals surface area contributed by atoms with Crippen LogP contribution in [0.5, 0.6) is 0 Å². The minimum Gasteiger partial charge on any atom is -0.455 e. The number of anilines is 1. The summed E-state index contributed by atoms with van der Waals surface area (Å²) in [6.45, 7) is 5.34. The number of rotatable bonds is 2. The number of nitrogens with two attached hydrogens (primary N) is 1. The number of carbonyl (C=O) groups excluding carboxylic acids is 1. The van der Waals surface area contributed by atoms with Gasteiger partial charge in [-0.1, -0.05) is 18.2 Å². The fourth-order valence-electron chi connectivity index (χ4n) is 1.47. The third-order valence-corrected chi connectivity index (χ3v) is 2.22. The Kier molecular flexibility index (Phi) is 3.25. The van der Waals surface area contributed by atoms with Crippen LogP contribution in [0.25, 0.3) is 5.69 Å². The van der Waals surface area contributed by atoms with Gasteiger partial charge < -0.3 is 10.5 Å². The number of aromatic nitrogens is 3. The third-order valence-electron chi connectivity index (χ3n) is 2.22. The zero-order chi connectivity index (χ0) is 14.0. The summed E-state index contributed by atoms with van der Waals surface area (Å²) in [4.78, 5) is 13.2. The Labute approximate surface area is 111 Å². The maximum absolute atomic E-state index is 11.9. The minimum atomic E-state index is -0.597. The van der Waals surface area contributed by atoms with E-state index in [4.69, 9.17) is 10.5 Å². The van der Waals surface area contributed by atoms with E-state index in [1.54, 1.807) is 20.8 Å². The number of hydrogen-bond donors (Lipinski definition) is 1. The molecule has 100 valence electrons. The number of ether oxygens (including phenoxy) is 1. The van der Waals surface area contributed by atoms with Crippen molar-refractivity contribution in [2.75, 3.05) is 5.73 Å². The van der Waals surface area contributed by atoms with Crippen LogP contribution in [0.4, 0.5) is 5.82 Å². The van der Waals surface area contributed by atoms with Crippen LogP contribution in [0.15, 0.2) is 30.3 Å². The van der Waals surface area contributed by atoms with Crippen LogP contribution in [0.2, 0.25) is 0 Å². The molecule has 0 saturated heterocycles. The molecule has 2 aromatic rings. The van der Waals surface area contributed by atoms with Crippen LogP contribution in [-0.4, -0.2) is 26.6 Å². The van der Waals surface area contributed by atoms with Crippen molar-refractivity contribution < 1.29 is 9.53 Å². The lowest BCUT2D eigenvalue weighted by Gasteiger charge is -2.18. The number of hydrogen-bond acceptors (Lipinski definition) is 5. The molecule has 0 amide bonds. The molecule has 0 aliphatic carbocycles. The fourth-order valence-corrected chi connectivity index (χ4v) is 1.47. The lowest BCUT2D eigenvalue weighted by Crippen LogP contribution is -2.24. The molecule has 6 nitrogen and oxygen atoms in total. The molecule has 1 aromatic carbocycles. The van der Waals surface area contributed by atoms with Crippen molar-refractivity contribution in [3.05, 3.63) is 36.0 Å². The predicted molar refractivity (Wildman–Crippen MR) is 70.9 cm³/mol. The molecule has 0 radical (unpaired) electrons. The zero-order valence-corrected chi connectivity index (χ0v) is 11.1. The van der Waals surface area contributed by atoms with Crippen LogP contribution in [-0.2, 0) is 4.74 Å². The number of nitrogen functional groups attached to an aromatic ring is 1. The molecule has 2 rings (SSSR count). The smallest absolute Gasteiger partial charge is 0.363 e. The summed E-state index contributed by atoms with van der Waals surface area (Å²) in [6.07, 6.45) is 0. The first kappa shape index (κ1) is 13.1. The quantitative estimate of drug-likeness (QED) is 0.832. The van der Waals surface area contributed by atoms with Crippen molar-refractivity contribution in [2.45, 2.75) is 26.4 Å². The van der Waals surface area contributed by atoms with Crippen LogP contribution < -0.4 is 5.73 Å². The highest BCUT2D eigenvalue weighted by Crippen LogP contribution is 2.15. The van der Waals surface area contributed by atoms with E-state index in [2.05, 4.69) is 10.2 Å². The van der Waals surface area contributed by atoms with Gasteiger partial charge in [-0.15, -0.1) is 15.0 Å². The number of benzene rings is 1. The highest BCUT2D eigenvalue weighted by atomic mass is 16.6. The molecule has 1 aromatic heterocycles. The monoisotopic (exact) mass is 260 g/mol. The van der Waals surface area contributed by atoms with E-state index in [-0.39, 0.29) is 11.5 Å². The average molecular weight is 260 g/mol. The zero-order valence-electron chi connectivity index (χ0n) is 11.1. The summed E-state index contributed by atoms with van der Waals surface area (Å²) in [5, 5.41) is 8.08. The summed E-state index contributed by atoms with van der Waals surface area (Å²) in [5.41, 5.74) is 5.86. The topological polar surface area (TPSA) is 83.0 Å². The van der Waals surface area contributed by atoms with Gasteiger partial charge in [0.25, 0.3) is 0 Å². The van der Waals surface area contributed by atoms with Gasteiger partial charge in [-0.2, -0.15) is 0 Å². The van der Waals surface area contributed by atoms with Crippen molar-refractivity contribution in [1.82, 2.24) is 15.0 Å². The Balaban J connectivity index is 2.30. The van der Waals surface area contributed by atoms with Gasteiger partial charge in [-0.05, 0) is 32.9 Å². The van der Waals surface area contributed by atoms with Crippen LogP contribution in [0.1, 0.15) is 31.3 Å². The van der Waals surface area contributed by atoms with Crippen molar-refractivity contribution in [1.29, 1.82) is 0 Å². The largest absolute Gasteiger partial charge is 0.455 e. The molecule has 6 heteroatoms. The normalized spacial score (nSPS) is 11.3. The molecule has 1 heterocycles. The van der Waals surface area contributed by atoms with E-state index >= 15 is 0 Å². The summed E-state index contributed by atoms with van der Waals surface area (Å²) >= 11 is 0. The Morgan fingerprint density at radius 3 is 2.42 bits per heavy atom. The first-order valence-corrected chi connectivity index (χ1v) is 5.88. The van der Waals surface area contributed by atoms with Gasteiger partial charge in [0.15, 0.2) is 5.82 Å². The second-order valence-electron chi connectivity index (χ2n) is 5.06. The minimum absolute atomic E-state index is 0.0266. The first-order valence-electron chi connectivity index (χ1n) is 5.88. The molecule has 0 aliphatic heterocycles. The third kappa shape index (κ3) is 3.09. The Morgan fingerprint density at radius 1 is 1.21 bits per heavy atom. The second-order valence-corrected chi connectivity index (χ2v) is 5.06. The highest BCUT2D eigenvalue weighted by molar-refractivity contribution is 5.92. The average Bonchev–Trinajstić information content (AvgIpc) is 2.70. The summed E-state index contributed by atoms with van der Waals surface area (Å²) in [7, 11) is 0. The first-order chi connectivity index (χ1) is 8.87. The molecule has 0 bridgehead atoms. The summed E-state index contributed by atoms with van der Waals surface area (Å²) in [5.74, 6) is -0.523. The van der Waals surface area contributed by atoms with E-state index in [9.17, 15) is 4.79 Å². The predicted octanol–water partition coefficient (Wildman–Crippen LogP) is 1.80. The summed E-state index contributed by atoms with van der Waals surface area (Å²) < 4.78 is 5.22. The maximum atomic E-state index is 11.9. The molecule has 0 fully saturated rings. The van der Waals surface area contributed by atoms with Gasteiger partial charge >= 0.3 is 5.97 Å². The van der Waals surface area contributed by atoms with Gasteiger partial charge in [0.2, 0.25) is 5.69 Å². The van der Waals surface area contributed by atoms with E-state index in [0.29, 0.717) is 0 Å². The van der Waals surface area contributed by atoms with E-state index in [1.807, 2.05) is 30.3 Å². The number of nitrogens with zero attached hydrogens (tertiary/aromatic N) is 3. The van der Waals surface area contributed by atoms with Crippen molar-refractivity contribution in [3.8, 4) is 5.69 Å².